The molecule has 1 amide bonds. The quantitative estimate of drug-likeness (QED) is 0.383. The molecule has 2 aromatic carbocycles. The molecule has 9 nitrogen and oxygen atoms in total. The number of aryl methyl sites for hydroxylation is 1. The first-order valence-electron chi connectivity index (χ1n) is 9.79. The number of carbonyl (C=O) groups excluding carboxylic acids is 1. The first-order chi connectivity index (χ1) is 15.9. The van der Waals surface area contributed by atoms with Crippen molar-refractivity contribution < 1.29 is 14.3 Å². The number of benzene rings is 2. The Labute approximate surface area is 198 Å². The summed E-state index contributed by atoms with van der Waals surface area (Å²) in [5.41, 5.74) is 2.74. The number of nitrogens with zero attached hydrogens (tertiary/aromatic N) is 3. The van der Waals surface area contributed by atoms with E-state index in [4.69, 9.17) is 21.1 Å². The van der Waals surface area contributed by atoms with E-state index in [-0.39, 0.29) is 11.7 Å². The predicted octanol–water partition coefficient (Wildman–Crippen LogP) is 3.79. The van der Waals surface area contributed by atoms with Crippen molar-refractivity contribution in [1.82, 2.24) is 19.8 Å². The molecule has 11 heteroatoms. The number of H-pyrrole nitrogens is 1. The van der Waals surface area contributed by atoms with Crippen LogP contribution in [0.25, 0.3) is 16.8 Å². The lowest BCUT2D eigenvalue weighted by Crippen LogP contribution is -2.17. The lowest BCUT2D eigenvalue weighted by Gasteiger charge is -2.09. The Hall–Kier alpha value is -3.50. The summed E-state index contributed by atoms with van der Waals surface area (Å²) in [5.74, 6) is 0.952. The Morgan fingerprint density at radius 1 is 1.15 bits per heavy atom. The van der Waals surface area contributed by atoms with Gasteiger partial charge in [-0.25, -0.2) is 9.61 Å². The molecular weight excluding hydrogens is 466 g/mol. The lowest BCUT2D eigenvalue weighted by molar-refractivity contribution is -0.113. The minimum absolute atomic E-state index is 0.0612. The number of halogens is 1. The van der Waals surface area contributed by atoms with Gasteiger partial charge < -0.3 is 14.8 Å². The molecule has 2 aromatic heterocycles. The van der Waals surface area contributed by atoms with Crippen LogP contribution in [-0.4, -0.2) is 45.7 Å². The summed E-state index contributed by atoms with van der Waals surface area (Å²) in [5, 5.41) is 14.8. The standard InChI is InChI=1S/C22H20ClN5O4S/c1-12-4-6-14(23)9-15(12)24-20(29)11-33-22-26-25-21(30)17-10-16(27-28(17)22)13-5-7-18(31-2)19(8-13)32-3/h4-10H,11H2,1-3H3,(H,24,29)(H,25,30). The van der Waals surface area contributed by atoms with Gasteiger partial charge in [0.1, 0.15) is 5.52 Å². The number of fused-ring (bicyclic) bond motifs is 1. The fourth-order valence-electron chi connectivity index (χ4n) is 3.17. The van der Waals surface area contributed by atoms with Crippen LogP contribution in [0, 0.1) is 6.92 Å². The summed E-state index contributed by atoms with van der Waals surface area (Å²) in [6.45, 7) is 1.88. The molecule has 0 radical (unpaired) electrons. The third-order valence-corrected chi connectivity index (χ3v) is 6.03. The average Bonchev–Trinajstić information content (AvgIpc) is 3.27. The molecule has 0 aliphatic rings. The van der Waals surface area contributed by atoms with Crippen molar-refractivity contribution in [2.24, 2.45) is 0 Å². The van der Waals surface area contributed by atoms with E-state index in [1.807, 2.05) is 19.1 Å². The van der Waals surface area contributed by atoms with E-state index in [1.165, 1.54) is 4.52 Å². The number of aromatic nitrogens is 4. The fourth-order valence-corrected chi connectivity index (χ4v) is 4.04. The van der Waals surface area contributed by atoms with E-state index in [9.17, 15) is 9.59 Å². The predicted molar refractivity (Wildman–Crippen MR) is 128 cm³/mol. The van der Waals surface area contributed by atoms with Crippen LogP contribution in [0.2, 0.25) is 5.02 Å². The summed E-state index contributed by atoms with van der Waals surface area (Å²) in [6, 6.07) is 12.3. The number of thioether (sulfide) groups is 1. The van der Waals surface area contributed by atoms with Crippen LogP contribution in [-0.2, 0) is 4.79 Å². The zero-order chi connectivity index (χ0) is 23.5. The zero-order valence-corrected chi connectivity index (χ0v) is 19.6. The molecule has 2 heterocycles. The van der Waals surface area contributed by atoms with Gasteiger partial charge in [0.25, 0.3) is 5.56 Å². The van der Waals surface area contributed by atoms with Crippen LogP contribution in [0.5, 0.6) is 11.5 Å². The molecule has 0 aliphatic carbocycles. The highest BCUT2D eigenvalue weighted by Crippen LogP contribution is 2.32. The molecule has 0 saturated heterocycles. The number of rotatable bonds is 7. The van der Waals surface area contributed by atoms with Gasteiger partial charge in [-0.2, -0.15) is 5.10 Å². The maximum Gasteiger partial charge on any atom is 0.290 e. The molecule has 0 spiro atoms. The first kappa shape index (κ1) is 22.7. The molecule has 4 aromatic rings. The minimum Gasteiger partial charge on any atom is -0.493 e. The number of carbonyl (C=O) groups is 1. The maximum absolute atomic E-state index is 12.5. The Balaban J connectivity index is 1.58. The van der Waals surface area contributed by atoms with Crippen molar-refractivity contribution in [1.29, 1.82) is 0 Å². The second-order valence-corrected chi connectivity index (χ2v) is 8.41. The van der Waals surface area contributed by atoms with Crippen LogP contribution in [0.4, 0.5) is 5.69 Å². The van der Waals surface area contributed by atoms with Crippen molar-refractivity contribution >= 4 is 40.5 Å². The van der Waals surface area contributed by atoms with Gasteiger partial charge in [0.2, 0.25) is 11.1 Å². The summed E-state index contributed by atoms with van der Waals surface area (Å²) >= 11 is 7.16. The topological polar surface area (TPSA) is 111 Å². The molecule has 0 unspecified atom stereocenters. The van der Waals surface area contributed by atoms with Gasteiger partial charge in [-0.1, -0.05) is 29.4 Å². The SMILES string of the molecule is COc1ccc(-c2cc3c(=O)[nH]nc(SCC(=O)Nc4cc(Cl)ccc4C)n3n2)cc1OC. The van der Waals surface area contributed by atoms with Crippen molar-refractivity contribution in [2.45, 2.75) is 12.1 Å². The van der Waals surface area contributed by atoms with Gasteiger partial charge in [-0.3, -0.25) is 9.59 Å². The number of nitrogens with one attached hydrogen (secondary N) is 2. The highest BCUT2D eigenvalue weighted by molar-refractivity contribution is 7.99. The third kappa shape index (κ3) is 4.81. The second kappa shape index (κ2) is 9.55. The highest BCUT2D eigenvalue weighted by Gasteiger charge is 2.15. The van der Waals surface area contributed by atoms with Crippen molar-refractivity contribution in [3.63, 3.8) is 0 Å². The normalized spacial score (nSPS) is 10.9. The molecule has 33 heavy (non-hydrogen) atoms. The van der Waals surface area contributed by atoms with E-state index >= 15 is 0 Å². The molecule has 0 fully saturated rings. The fraction of sp³-hybridized carbons (Fsp3) is 0.182. The number of hydrogen-bond donors (Lipinski definition) is 2. The summed E-state index contributed by atoms with van der Waals surface area (Å²) < 4.78 is 12.0. The Kier molecular flexibility index (Phi) is 6.57. The number of hydrogen-bond acceptors (Lipinski definition) is 7. The monoisotopic (exact) mass is 485 g/mol. The van der Waals surface area contributed by atoms with Gasteiger partial charge in [0, 0.05) is 16.3 Å². The van der Waals surface area contributed by atoms with Crippen LogP contribution in [0.1, 0.15) is 5.56 Å². The van der Waals surface area contributed by atoms with Crippen LogP contribution >= 0.6 is 23.4 Å². The molecule has 170 valence electrons. The van der Waals surface area contributed by atoms with E-state index in [2.05, 4.69) is 20.6 Å². The molecule has 2 N–H and O–H groups in total. The number of ether oxygens (including phenoxy) is 2. The number of methoxy groups -OCH3 is 2. The smallest absolute Gasteiger partial charge is 0.290 e. The van der Waals surface area contributed by atoms with E-state index in [0.717, 1.165) is 22.9 Å². The van der Waals surface area contributed by atoms with Gasteiger partial charge in [0.15, 0.2) is 11.5 Å². The van der Waals surface area contributed by atoms with Crippen molar-refractivity contribution in [3.05, 3.63) is 63.4 Å². The molecule has 4 rings (SSSR count). The van der Waals surface area contributed by atoms with Gasteiger partial charge in [0.05, 0.1) is 25.7 Å². The molecule has 0 atom stereocenters. The summed E-state index contributed by atoms with van der Waals surface area (Å²) in [7, 11) is 3.10. The van der Waals surface area contributed by atoms with Crippen molar-refractivity contribution in [2.75, 3.05) is 25.3 Å². The summed E-state index contributed by atoms with van der Waals surface area (Å²) in [4.78, 5) is 24.8. The Morgan fingerprint density at radius 3 is 2.70 bits per heavy atom. The third-order valence-electron chi connectivity index (χ3n) is 4.86. The summed E-state index contributed by atoms with van der Waals surface area (Å²) in [6.07, 6.45) is 0. The van der Waals surface area contributed by atoms with Crippen molar-refractivity contribution in [3.8, 4) is 22.8 Å². The maximum atomic E-state index is 12.5. The average molecular weight is 486 g/mol. The number of amides is 1. The zero-order valence-electron chi connectivity index (χ0n) is 18.0. The number of anilines is 1. The van der Waals surface area contributed by atoms with Crippen LogP contribution < -0.4 is 20.3 Å². The van der Waals surface area contributed by atoms with Crippen LogP contribution in [0.3, 0.4) is 0 Å². The van der Waals surface area contributed by atoms with E-state index in [1.54, 1.807) is 44.6 Å². The largest absolute Gasteiger partial charge is 0.493 e. The highest BCUT2D eigenvalue weighted by atomic mass is 35.5. The molecule has 0 aliphatic heterocycles. The van der Waals surface area contributed by atoms with E-state index < -0.39 is 5.56 Å². The molecule has 0 bridgehead atoms. The molecule has 0 saturated carbocycles. The van der Waals surface area contributed by atoms with E-state index in [0.29, 0.717) is 38.6 Å². The van der Waals surface area contributed by atoms with Gasteiger partial charge in [-0.15, -0.1) is 5.10 Å². The van der Waals surface area contributed by atoms with Crippen LogP contribution in [0.15, 0.2) is 52.4 Å². The second-order valence-electron chi connectivity index (χ2n) is 7.03. The Morgan fingerprint density at radius 2 is 1.94 bits per heavy atom. The first-order valence-corrected chi connectivity index (χ1v) is 11.2. The Bertz CT molecular complexity index is 1400. The lowest BCUT2D eigenvalue weighted by atomic mass is 10.1. The molecular formula is C22H20ClN5O4S. The van der Waals surface area contributed by atoms with Gasteiger partial charge in [-0.05, 0) is 48.9 Å². The number of aromatic amines is 1. The van der Waals surface area contributed by atoms with Gasteiger partial charge >= 0.3 is 0 Å². The minimum atomic E-state index is -0.391.